The molecule has 2 aromatic rings. The van der Waals surface area contributed by atoms with Gasteiger partial charge in [0.15, 0.2) is 0 Å². The summed E-state index contributed by atoms with van der Waals surface area (Å²) in [5, 5.41) is 1.05. The predicted molar refractivity (Wildman–Crippen MR) is 103 cm³/mol. The normalized spacial score (nSPS) is 20.2. The number of amides is 1. The zero-order valence-corrected chi connectivity index (χ0v) is 16.3. The van der Waals surface area contributed by atoms with E-state index in [1.54, 1.807) is 17.1 Å². The summed E-state index contributed by atoms with van der Waals surface area (Å²) >= 11 is 0. The number of fused-ring (bicyclic) bond motifs is 3. The molecule has 27 heavy (non-hydrogen) atoms. The van der Waals surface area contributed by atoms with Crippen molar-refractivity contribution in [2.45, 2.75) is 25.9 Å². The zero-order chi connectivity index (χ0) is 19.2. The van der Waals surface area contributed by atoms with Gasteiger partial charge in [-0.2, -0.15) is 4.31 Å². The van der Waals surface area contributed by atoms with E-state index in [0.717, 1.165) is 40.6 Å². The fraction of sp³-hybridized carbons (Fsp3) is 0.421. The van der Waals surface area contributed by atoms with Gasteiger partial charge in [-0.3, -0.25) is 4.79 Å². The molecule has 0 saturated carbocycles. The van der Waals surface area contributed by atoms with Gasteiger partial charge in [-0.15, -0.1) is 0 Å². The monoisotopic (exact) mass is 389 g/mol. The Morgan fingerprint density at radius 3 is 2.93 bits per heavy atom. The maximum atomic E-state index is 13.0. The summed E-state index contributed by atoms with van der Waals surface area (Å²) in [5.74, 6) is 0.632. The number of ether oxygens (including phenoxy) is 1. The Balaban J connectivity index is 1.62. The summed E-state index contributed by atoms with van der Waals surface area (Å²) in [7, 11) is -3.43. The predicted octanol–water partition coefficient (Wildman–Crippen LogP) is 1.65. The van der Waals surface area contributed by atoms with Gasteiger partial charge in [0.05, 0.1) is 12.9 Å². The van der Waals surface area contributed by atoms with E-state index in [1.165, 1.54) is 4.31 Å². The molecule has 2 aliphatic rings. The summed E-state index contributed by atoms with van der Waals surface area (Å²) < 4.78 is 30.8. The third kappa shape index (κ3) is 3.23. The Morgan fingerprint density at radius 1 is 1.37 bits per heavy atom. The summed E-state index contributed by atoms with van der Waals surface area (Å²) in [6, 6.07) is 5.19. The molecule has 1 aromatic carbocycles. The molecule has 1 amide bonds. The summed E-state index contributed by atoms with van der Waals surface area (Å²) in [4.78, 5) is 18.2. The van der Waals surface area contributed by atoms with Crippen molar-refractivity contribution in [3.05, 3.63) is 41.6 Å². The van der Waals surface area contributed by atoms with Gasteiger partial charge >= 0.3 is 0 Å². The standard InChI is InChI=1S/C19H23N3O4S/c1-3-26-13-6-7-16-14(11-13)15-12-21(10-8-17(15)20-16)19(23)18-5-4-9-22(18)27(2,24)25/h4-7,11,18,20H,3,8-10,12H2,1-2H3. The van der Waals surface area contributed by atoms with Crippen molar-refractivity contribution in [2.75, 3.05) is 26.0 Å². The van der Waals surface area contributed by atoms with Crippen LogP contribution in [-0.2, 0) is 27.8 Å². The van der Waals surface area contributed by atoms with Gasteiger partial charge in [0.25, 0.3) is 0 Å². The van der Waals surface area contributed by atoms with Crippen molar-refractivity contribution >= 4 is 26.8 Å². The molecule has 144 valence electrons. The SMILES string of the molecule is CCOc1ccc2[nH]c3c(c2c1)CN(C(=O)C1C=CCN1S(C)(=O)=O)CC3. The van der Waals surface area contributed by atoms with E-state index in [9.17, 15) is 13.2 Å². The highest BCUT2D eigenvalue weighted by atomic mass is 32.2. The summed E-state index contributed by atoms with van der Waals surface area (Å²) in [6.07, 6.45) is 5.28. The lowest BCUT2D eigenvalue weighted by molar-refractivity contribution is -0.134. The van der Waals surface area contributed by atoms with Crippen LogP contribution in [0.4, 0.5) is 0 Å². The van der Waals surface area contributed by atoms with Crippen LogP contribution in [0, 0.1) is 0 Å². The third-order valence-corrected chi connectivity index (χ3v) is 6.39. The maximum Gasteiger partial charge on any atom is 0.245 e. The fourth-order valence-corrected chi connectivity index (χ4v) is 4.81. The maximum absolute atomic E-state index is 13.0. The molecule has 0 radical (unpaired) electrons. The van der Waals surface area contributed by atoms with Gasteiger partial charge in [-0.1, -0.05) is 12.2 Å². The molecule has 2 aliphatic heterocycles. The first-order valence-electron chi connectivity index (χ1n) is 9.07. The van der Waals surface area contributed by atoms with E-state index < -0.39 is 16.1 Å². The van der Waals surface area contributed by atoms with Gasteiger partial charge in [0, 0.05) is 48.2 Å². The minimum absolute atomic E-state index is 0.171. The molecule has 1 atom stereocenters. The number of aromatic nitrogens is 1. The number of hydrogen-bond acceptors (Lipinski definition) is 4. The Labute approximate surface area is 158 Å². The first-order valence-corrected chi connectivity index (χ1v) is 10.9. The first-order chi connectivity index (χ1) is 12.9. The lowest BCUT2D eigenvalue weighted by atomic mass is 10.0. The van der Waals surface area contributed by atoms with Crippen LogP contribution in [0.2, 0.25) is 0 Å². The van der Waals surface area contributed by atoms with Crippen LogP contribution in [0.15, 0.2) is 30.4 Å². The van der Waals surface area contributed by atoms with E-state index in [-0.39, 0.29) is 12.5 Å². The van der Waals surface area contributed by atoms with Crippen LogP contribution in [0.5, 0.6) is 5.75 Å². The quantitative estimate of drug-likeness (QED) is 0.806. The number of benzene rings is 1. The molecule has 0 bridgehead atoms. The molecule has 8 heteroatoms. The molecule has 7 nitrogen and oxygen atoms in total. The average Bonchev–Trinajstić information content (AvgIpc) is 3.25. The van der Waals surface area contributed by atoms with Crippen LogP contribution in [0.1, 0.15) is 18.2 Å². The Bertz CT molecular complexity index is 1020. The highest BCUT2D eigenvalue weighted by Gasteiger charge is 2.36. The molecular weight excluding hydrogens is 366 g/mol. The Hall–Kier alpha value is -2.32. The number of carbonyl (C=O) groups is 1. The van der Waals surface area contributed by atoms with Crippen LogP contribution in [-0.4, -0.2) is 60.5 Å². The highest BCUT2D eigenvalue weighted by Crippen LogP contribution is 2.31. The number of aromatic amines is 1. The van der Waals surface area contributed by atoms with Gasteiger partial charge in [-0.25, -0.2) is 8.42 Å². The third-order valence-electron chi connectivity index (χ3n) is 5.16. The van der Waals surface area contributed by atoms with E-state index in [0.29, 0.717) is 19.7 Å². The van der Waals surface area contributed by atoms with E-state index in [1.807, 2.05) is 25.1 Å². The minimum Gasteiger partial charge on any atom is -0.494 e. The number of carbonyl (C=O) groups excluding carboxylic acids is 1. The second kappa shape index (κ2) is 6.69. The van der Waals surface area contributed by atoms with Crippen molar-refractivity contribution in [1.82, 2.24) is 14.2 Å². The molecule has 0 aliphatic carbocycles. The molecule has 0 saturated heterocycles. The number of nitrogens with one attached hydrogen (secondary N) is 1. The smallest absolute Gasteiger partial charge is 0.245 e. The summed E-state index contributed by atoms with van der Waals surface area (Å²) in [5.41, 5.74) is 3.24. The van der Waals surface area contributed by atoms with Crippen LogP contribution < -0.4 is 4.74 Å². The zero-order valence-electron chi connectivity index (χ0n) is 15.4. The Morgan fingerprint density at radius 2 is 2.19 bits per heavy atom. The molecular formula is C19H23N3O4S. The Kier molecular flexibility index (Phi) is 4.47. The van der Waals surface area contributed by atoms with Gasteiger partial charge in [0.2, 0.25) is 15.9 Å². The van der Waals surface area contributed by atoms with Crippen LogP contribution in [0.25, 0.3) is 10.9 Å². The van der Waals surface area contributed by atoms with Gasteiger partial charge in [-0.05, 0) is 25.1 Å². The second-order valence-electron chi connectivity index (χ2n) is 6.94. The fourth-order valence-electron chi connectivity index (χ4n) is 3.88. The molecule has 3 heterocycles. The number of rotatable bonds is 4. The molecule has 1 aromatic heterocycles. The molecule has 0 spiro atoms. The van der Waals surface area contributed by atoms with Gasteiger partial charge < -0.3 is 14.6 Å². The van der Waals surface area contributed by atoms with Crippen molar-refractivity contribution in [3.8, 4) is 5.75 Å². The second-order valence-corrected chi connectivity index (χ2v) is 8.87. The molecule has 1 N–H and O–H groups in total. The lowest BCUT2D eigenvalue weighted by Crippen LogP contribution is -2.48. The van der Waals surface area contributed by atoms with E-state index in [2.05, 4.69) is 4.98 Å². The molecule has 1 unspecified atom stereocenters. The van der Waals surface area contributed by atoms with Crippen molar-refractivity contribution < 1.29 is 17.9 Å². The lowest BCUT2D eigenvalue weighted by Gasteiger charge is -2.31. The number of nitrogens with zero attached hydrogens (tertiary/aromatic N) is 2. The number of H-pyrrole nitrogens is 1. The average molecular weight is 389 g/mol. The minimum atomic E-state index is -3.43. The van der Waals surface area contributed by atoms with E-state index >= 15 is 0 Å². The number of hydrogen-bond donors (Lipinski definition) is 1. The molecule has 0 fully saturated rings. The van der Waals surface area contributed by atoms with Crippen molar-refractivity contribution in [3.63, 3.8) is 0 Å². The van der Waals surface area contributed by atoms with Crippen LogP contribution in [0.3, 0.4) is 0 Å². The van der Waals surface area contributed by atoms with Gasteiger partial charge in [0.1, 0.15) is 11.8 Å². The summed E-state index contributed by atoms with van der Waals surface area (Å²) in [6.45, 7) is 3.82. The number of sulfonamides is 1. The highest BCUT2D eigenvalue weighted by molar-refractivity contribution is 7.88. The molecule has 4 rings (SSSR count). The van der Waals surface area contributed by atoms with Crippen LogP contribution >= 0.6 is 0 Å². The topological polar surface area (TPSA) is 82.7 Å². The van der Waals surface area contributed by atoms with Crippen molar-refractivity contribution in [2.24, 2.45) is 0 Å². The largest absolute Gasteiger partial charge is 0.494 e. The first kappa shape index (κ1) is 18.1. The van der Waals surface area contributed by atoms with Crippen molar-refractivity contribution in [1.29, 1.82) is 0 Å². The van der Waals surface area contributed by atoms with E-state index in [4.69, 9.17) is 4.74 Å².